The summed E-state index contributed by atoms with van der Waals surface area (Å²) in [7, 11) is 1.70. The predicted molar refractivity (Wildman–Crippen MR) is 73.9 cm³/mol. The fourth-order valence-electron chi connectivity index (χ4n) is 2.08. The molecule has 94 valence electrons. The van der Waals surface area contributed by atoms with Crippen LogP contribution >= 0.6 is 0 Å². The van der Waals surface area contributed by atoms with Gasteiger partial charge in [0, 0.05) is 6.20 Å². The van der Waals surface area contributed by atoms with E-state index in [-0.39, 0.29) is 0 Å². The van der Waals surface area contributed by atoms with Crippen molar-refractivity contribution in [3.05, 3.63) is 52.7 Å². The third-order valence-corrected chi connectivity index (χ3v) is 3.09. The van der Waals surface area contributed by atoms with E-state index in [1.165, 1.54) is 16.7 Å². The Bertz CT molecular complexity index is 564. The highest BCUT2D eigenvalue weighted by Gasteiger charge is 2.06. The molecule has 0 saturated carbocycles. The van der Waals surface area contributed by atoms with Gasteiger partial charge in [-0.25, -0.2) is 4.98 Å². The average molecular weight is 242 g/mol. The largest absolute Gasteiger partial charge is 0.496 e. The number of pyridine rings is 1. The average Bonchev–Trinajstić information content (AvgIpc) is 2.33. The van der Waals surface area contributed by atoms with E-state index in [2.05, 4.69) is 31.0 Å². The molecule has 18 heavy (non-hydrogen) atoms. The van der Waals surface area contributed by atoms with Crippen molar-refractivity contribution in [3.8, 4) is 5.75 Å². The summed E-state index contributed by atoms with van der Waals surface area (Å²) >= 11 is 0. The van der Waals surface area contributed by atoms with E-state index in [0.29, 0.717) is 5.82 Å². The third-order valence-electron chi connectivity index (χ3n) is 3.09. The number of ether oxygens (including phenoxy) is 1. The first kappa shape index (κ1) is 12.4. The van der Waals surface area contributed by atoms with Gasteiger partial charge in [0.1, 0.15) is 11.6 Å². The van der Waals surface area contributed by atoms with Gasteiger partial charge in [-0.2, -0.15) is 0 Å². The second kappa shape index (κ2) is 5.08. The minimum Gasteiger partial charge on any atom is -0.496 e. The van der Waals surface area contributed by atoms with Crippen LogP contribution in [0.3, 0.4) is 0 Å². The lowest BCUT2D eigenvalue weighted by atomic mass is 9.98. The van der Waals surface area contributed by atoms with Crippen molar-refractivity contribution >= 4 is 5.82 Å². The van der Waals surface area contributed by atoms with Gasteiger partial charge in [-0.3, -0.25) is 0 Å². The van der Waals surface area contributed by atoms with Gasteiger partial charge < -0.3 is 10.5 Å². The molecule has 0 fully saturated rings. The van der Waals surface area contributed by atoms with Crippen molar-refractivity contribution in [1.82, 2.24) is 4.98 Å². The van der Waals surface area contributed by atoms with E-state index < -0.39 is 0 Å². The van der Waals surface area contributed by atoms with Crippen LogP contribution in [-0.2, 0) is 6.42 Å². The molecule has 0 amide bonds. The summed E-state index contributed by atoms with van der Waals surface area (Å²) in [5.74, 6) is 1.50. The molecule has 0 bridgehead atoms. The maximum absolute atomic E-state index is 5.69. The summed E-state index contributed by atoms with van der Waals surface area (Å²) in [5, 5.41) is 0. The molecule has 0 aliphatic rings. The van der Waals surface area contributed by atoms with E-state index in [4.69, 9.17) is 10.5 Å². The Morgan fingerprint density at radius 3 is 2.61 bits per heavy atom. The van der Waals surface area contributed by atoms with Gasteiger partial charge in [0.2, 0.25) is 0 Å². The third kappa shape index (κ3) is 2.62. The van der Waals surface area contributed by atoms with Crippen molar-refractivity contribution < 1.29 is 4.74 Å². The number of hydrogen-bond donors (Lipinski definition) is 1. The Kier molecular flexibility index (Phi) is 3.51. The zero-order valence-electron chi connectivity index (χ0n) is 11.0. The fourth-order valence-corrected chi connectivity index (χ4v) is 2.08. The van der Waals surface area contributed by atoms with Crippen molar-refractivity contribution in [2.45, 2.75) is 20.3 Å². The Labute approximate surface area is 108 Å². The van der Waals surface area contributed by atoms with E-state index in [9.17, 15) is 0 Å². The lowest BCUT2D eigenvalue weighted by Gasteiger charge is -2.11. The van der Waals surface area contributed by atoms with Crippen LogP contribution in [0.4, 0.5) is 5.82 Å². The van der Waals surface area contributed by atoms with Gasteiger partial charge >= 0.3 is 0 Å². The molecule has 3 heteroatoms. The fraction of sp³-hybridized carbons (Fsp3) is 0.267. The zero-order valence-corrected chi connectivity index (χ0v) is 11.0. The number of rotatable bonds is 3. The highest BCUT2D eigenvalue weighted by atomic mass is 16.5. The summed E-state index contributed by atoms with van der Waals surface area (Å²) in [6, 6.07) is 8.16. The molecule has 0 aliphatic heterocycles. The van der Waals surface area contributed by atoms with Crippen LogP contribution in [0.15, 0.2) is 30.5 Å². The van der Waals surface area contributed by atoms with Crippen molar-refractivity contribution in [2.24, 2.45) is 0 Å². The quantitative estimate of drug-likeness (QED) is 0.900. The normalized spacial score (nSPS) is 10.4. The Morgan fingerprint density at radius 1 is 1.17 bits per heavy atom. The molecule has 1 heterocycles. The molecule has 1 aromatic carbocycles. The van der Waals surface area contributed by atoms with E-state index in [1.54, 1.807) is 13.3 Å². The molecule has 0 unspecified atom stereocenters. The number of aromatic nitrogens is 1. The lowest BCUT2D eigenvalue weighted by molar-refractivity contribution is 0.411. The molecular weight excluding hydrogens is 224 g/mol. The highest BCUT2D eigenvalue weighted by Crippen LogP contribution is 2.24. The monoisotopic (exact) mass is 242 g/mol. The molecule has 2 rings (SSSR count). The summed E-state index contributed by atoms with van der Waals surface area (Å²) in [6.07, 6.45) is 2.61. The van der Waals surface area contributed by atoms with E-state index in [1.807, 2.05) is 12.1 Å². The van der Waals surface area contributed by atoms with Gasteiger partial charge in [0.05, 0.1) is 7.11 Å². The SMILES string of the molecule is COc1cc(C)c(Cc2ccnc(N)c2)cc1C. The Balaban J connectivity index is 2.32. The molecule has 2 aromatic rings. The number of anilines is 1. The van der Waals surface area contributed by atoms with Gasteiger partial charge in [-0.05, 0) is 60.7 Å². The molecule has 0 atom stereocenters. The molecule has 0 saturated heterocycles. The van der Waals surface area contributed by atoms with Gasteiger partial charge in [-0.1, -0.05) is 6.07 Å². The van der Waals surface area contributed by atoms with Crippen LogP contribution in [0.25, 0.3) is 0 Å². The topological polar surface area (TPSA) is 48.1 Å². The maximum Gasteiger partial charge on any atom is 0.123 e. The summed E-state index contributed by atoms with van der Waals surface area (Å²) in [5.41, 5.74) is 10.5. The minimum absolute atomic E-state index is 0.565. The van der Waals surface area contributed by atoms with Crippen LogP contribution in [-0.4, -0.2) is 12.1 Å². The number of benzene rings is 1. The minimum atomic E-state index is 0.565. The van der Waals surface area contributed by atoms with Gasteiger partial charge in [0.15, 0.2) is 0 Å². The molecule has 2 N–H and O–H groups in total. The number of nitrogen functional groups attached to an aromatic ring is 1. The van der Waals surface area contributed by atoms with Crippen LogP contribution < -0.4 is 10.5 Å². The first-order chi connectivity index (χ1) is 8.60. The molecular formula is C15H18N2O. The first-order valence-electron chi connectivity index (χ1n) is 5.94. The van der Waals surface area contributed by atoms with Crippen LogP contribution in [0.5, 0.6) is 5.75 Å². The predicted octanol–water partition coefficient (Wildman–Crippen LogP) is 2.88. The van der Waals surface area contributed by atoms with Crippen molar-refractivity contribution in [2.75, 3.05) is 12.8 Å². The van der Waals surface area contributed by atoms with Crippen molar-refractivity contribution in [3.63, 3.8) is 0 Å². The second-order valence-electron chi connectivity index (χ2n) is 4.51. The highest BCUT2D eigenvalue weighted by molar-refractivity contribution is 5.44. The second-order valence-corrected chi connectivity index (χ2v) is 4.51. The Morgan fingerprint density at radius 2 is 1.94 bits per heavy atom. The number of nitrogens with two attached hydrogens (primary N) is 1. The number of hydrogen-bond acceptors (Lipinski definition) is 3. The number of aryl methyl sites for hydroxylation is 2. The van der Waals surface area contributed by atoms with Crippen LogP contribution in [0.2, 0.25) is 0 Å². The van der Waals surface area contributed by atoms with Crippen LogP contribution in [0, 0.1) is 13.8 Å². The molecule has 1 aromatic heterocycles. The van der Waals surface area contributed by atoms with E-state index >= 15 is 0 Å². The van der Waals surface area contributed by atoms with Crippen LogP contribution in [0.1, 0.15) is 22.3 Å². The van der Waals surface area contributed by atoms with E-state index in [0.717, 1.165) is 17.7 Å². The molecule has 0 radical (unpaired) electrons. The standard InChI is InChI=1S/C15H18N2O/c1-10-7-14(18-3)11(2)6-13(10)8-12-4-5-17-15(16)9-12/h4-7,9H,8H2,1-3H3,(H2,16,17). The maximum atomic E-state index is 5.69. The summed E-state index contributed by atoms with van der Waals surface area (Å²) in [4.78, 5) is 4.01. The summed E-state index contributed by atoms with van der Waals surface area (Å²) in [6.45, 7) is 4.16. The Hall–Kier alpha value is -2.03. The lowest BCUT2D eigenvalue weighted by Crippen LogP contribution is -1.97. The number of nitrogens with zero attached hydrogens (tertiary/aromatic N) is 1. The molecule has 0 spiro atoms. The zero-order chi connectivity index (χ0) is 13.1. The van der Waals surface area contributed by atoms with Crippen molar-refractivity contribution in [1.29, 1.82) is 0 Å². The number of methoxy groups -OCH3 is 1. The first-order valence-corrected chi connectivity index (χ1v) is 5.94. The van der Waals surface area contributed by atoms with Gasteiger partial charge in [0.25, 0.3) is 0 Å². The summed E-state index contributed by atoms with van der Waals surface area (Å²) < 4.78 is 5.32. The molecule has 3 nitrogen and oxygen atoms in total. The smallest absolute Gasteiger partial charge is 0.123 e. The molecule has 0 aliphatic carbocycles. The van der Waals surface area contributed by atoms with Gasteiger partial charge in [-0.15, -0.1) is 0 Å².